The van der Waals surface area contributed by atoms with E-state index in [-0.39, 0.29) is 11.0 Å². The monoisotopic (exact) mass is 501 g/mol. The Morgan fingerprint density at radius 3 is 1.79 bits per heavy atom. The quantitative estimate of drug-likeness (QED) is 0.263. The lowest BCUT2D eigenvalue weighted by atomic mass is 9.81. The van der Waals surface area contributed by atoms with Crippen LogP contribution in [-0.4, -0.2) is 5.54 Å². The maximum atomic E-state index is 2.62. The average molecular weight is 502 g/mol. The van der Waals surface area contributed by atoms with Gasteiger partial charge >= 0.3 is 0 Å². The Morgan fingerprint density at radius 2 is 1.16 bits per heavy atom. The maximum absolute atomic E-state index is 2.62. The number of hydrogen-bond acceptors (Lipinski definition) is 1. The van der Waals surface area contributed by atoms with Gasteiger partial charge in [0.05, 0.1) is 0 Å². The predicted molar refractivity (Wildman–Crippen MR) is 166 cm³/mol. The smallest absolute Gasteiger partial charge is 0.0457 e. The maximum Gasteiger partial charge on any atom is 0.0457 e. The van der Waals surface area contributed by atoms with Crippen molar-refractivity contribution in [3.05, 3.63) is 107 Å². The topological polar surface area (TPSA) is 3.24 Å². The van der Waals surface area contributed by atoms with E-state index in [0.717, 1.165) is 0 Å². The Morgan fingerprint density at radius 1 is 0.579 bits per heavy atom. The minimum Gasteiger partial charge on any atom is -0.336 e. The van der Waals surface area contributed by atoms with Crippen molar-refractivity contribution in [3.8, 4) is 22.3 Å². The molecule has 1 heteroatoms. The molecule has 0 aromatic heterocycles. The minimum absolute atomic E-state index is 0.00300. The summed E-state index contributed by atoms with van der Waals surface area (Å²) in [6.45, 7) is 21.2. The highest BCUT2D eigenvalue weighted by Gasteiger charge is 2.39. The molecule has 0 amide bonds. The number of anilines is 2. The van der Waals surface area contributed by atoms with E-state index < -0.39 is 0 Å². The number of hydrogen-bond donors (Lipinski definition) is 0. The highest BCUT2D eigenvalue weighted by molar-refractivity contribution is 5.90. The summed E-state index contributed by atoms with van der Waals surface area (Å²) in [6.07, 6.45) is 0. The van der Waals surface area contributed by atoms with E-state index in [1.165, 1.54) is 55.9 Å². The summed E-state index contributed by atoms with van der Waals surface area (Å²) in [6, 6.07) is 31.6. The summed E-state index contributed by atoms with van der Waals surface area (Å²) in [5, 5.41) is 0. The first-order valence-corrected chi connectivity index (χ1v) is 14.2. The Balaban J connectivity index is 1.84. The fourth-order valence-corrected chi connectivity index (χ4v) is 6.67. The van der Waals surface area contributed by atoms with Crippen LogP contribution in [0, 0.1) is 0 Å². The largest absolute Gasteiger partial charge is 0.336 e. The molecule has 196 valence electrons. The Labute approximate surface area is 230 Å². The van der Waals surface area contributed by atoms with Crippen LogP contribution in [0.15, 0.2) is 84.9 Å². The predicted octanol–water partition coefficient (Wildman–Crippen LogP) is 10.8. The highest BCUT2D eigenvalue weighted by Crippen LogP contribution is 2.55. The molecule has 0 N–H and O–H groups in total. The lowest BCUT2D eigenvalue weighted by molar-refractivity contribution is 0.555. The molecule has 1 aliphatic rings. The summed E-state index contributed by atoms with van der Waals surface area (Å²) in [4.78, 5) is 2.62. The van der Waals surface area contributed by atoms with Gasteiger partial charge in [0.25, 0.3) is 0 Å². The van der Waals surface area contributed by atoms with Gasteiger partial charge in [-0.15, -0.1) is 0 Å². The van der Waals surface area contributed by atoms with Gasteiger partial charge in [0, 0.05) is 22.3 Å². The molecule has 0 heterocycles. The number of fused-ring (bicyclic) bond motifs is 3. The standard InChI is InChI=1S/C37H43N/c1-24(2)33-27(26-16-11-10-12-17-26)19-15-21-31(33)38(36(5,6)7)32-23-22-30-35(34(32)25(3)4)28-18-13-14-20-29(28)37(30,8)9/h10-25H,1-9H3. The van der Waals surface area contributed by atoms with Crippen molar-refractivity contribution >= 4 is 11.4 Å². The normalized spacial score (nSPS) is 14.1. The zero-order chi connectivity index (χ0) is 27.4. The summed E-state index contributed by atoms with van der Waals surface area (Å²) < 4.78 is 0. The summed E-state index contributed by atoms with van der Waals surface area (Å²) >= 11 is 0. The second kappa shape index (κ2) is 9.45. The number of nitrogens with zero attached hydrogens (tertiary/aromatic N) is 1. The van der Waals surface area contributed by atoms with Crippen molar-refractivity contribution in [2.45, 2.75) is 85.1 Å². The molecule has 38 heavy (non-hydrogen) atoms. The molecule has 1 aliphatic carbocycles. The van der Waals surface area contributed by atoms with E-state index >= 15 is 0 Å². The first kappa shape index (κ1) is 26.3. The van der Waals surface area contributed by atoms with E-state index in [4.69, 9.17) is 0 Å². The fraction of sp³-hybridized carbons (Fsp3) is 0.351. The molecule has 0 saturated carbocycles. The van der Waals surface area contributed by atoms with E-state index in [1.807, 2.05) is 0 Å². The van der Waals surface area contributed by atoms with Crippen molar-refractivity contribution in [3.63, 3.8) is 0 Å². The Bertz CT molecular complexity index is 1460. The number of rotatable bonds is 5. The van der Waals surface area contributed by atoms with Crippen LogP contribution in [0.25, 0.3) is 22.3 Å². The third-order valence-electron chi connectivity index (χ3n) is 8.24. The van der Waals surface area contributed by atoms with Crippen molar-refractivity contribution in [1.82, 2.24) is 0 Å². The molecule has 0 atom stereocenters. The van der Waals surface area contributed by atoms with Gasteiger partial charge in [-0.25, -0.2) is 0 Å². The van der Waals surface area contributed by atoms with Crippen molar-refractivity contribution in [2.75, 3.05) is 4.90 Å². The molecular formula is C37H43N. The van der Waals surface area contributed by atoms with Gasteiger partial charge in [-0.05, 0) is 89.2 Å². The molecular weight excluding hydrogens is 458 g/mol. The van der Waals surface area contributed by atoms with Crippen LogP contribution >= 0.6 is 0 Å². The third kappa shape index (κ3) is 4.17. The average Bonchev–Trinajstić information content (AvgIpc) is 3.10. The molecule has 0 saturated heterocycles. The molecule has 0 radical (unpaired) electrons. The third-order valence-corrected chi connectivity index (χ3v) is 8.24. The molecule has 0 fully saturated rings. The fourth-order valence-electron chi connectivity index (χ4n) is 6.67. The lowest BCUT2D eigenvalue weighted by Gasteiger charge is -2.42. The molecule has 1 nitrogen and oxygen atoms in total. The lowest BCUT2D eigenvalue weighted by Crippen LogP contribution is -2.39. The minimum atomic E-state index is -0.121. The SMILES string of the molecule is CC(C)c1c(-c2ccccc2)cccc1N(c1ccc2c(c1C(C)C)-c1ccccc1C2(C)C)C(C)(C)C. The van der Waals surface area contributed by atoms with Gasteiger partial charge in [0.15, 0.2) is 0 Å². The zero-order valence-electron chi connectivity index (χ0n) is 24.7. The highest BCUT2D eigenvalue weighted by atomic mass is 15.2. The second-order valence-corrected chi connectivity index (χ2v) is 13.0. The van der Waals surface area contributed by atoms with Gasteiger partial charge in [-0.2, -0.15) is 0 Å². The van der Waals surface area contributed by atoms with Crippen LogP contribution in [0.3, 0.4) is 0 Å². The van der Waals surface area contributed by atoms with Crippen molar-refractivity contribution in [2.24, 2.45) is 0 Å². The zero-order valence-corrected chi connectivity index (χ0v) is 24.7. The molecule has 4 aromatic carbocycles. The summed E-state index contributed by atoms with van der Waals surface area (Å²) in [7, 11) is 0. The van der Waals surface area contributed by atoms with Crippen molar-refractivity contribution < 1.29 is 0 Å². The van der Waals surface area contributed by atoms with Crippen molar-refractivity contribution in [1.29, 1.82) is 0 Å². The Kier molecular flexibility index (Phi) is 6.54. The van der Waals surface area contributed by atoms with E-state index in [2.05, 4.69) is 152 Å². The van der Waals surface area contributed by atoms with Crippen LogP contribution in [0.4, 0.5) is 11.4 Å². The van der Waals surface area contributed by atoms with Gasteiger partial charge in [0.2, 0.25) is 0 Å². The van der Waals surface area contributed by atoms with Gasteiger partial charge in [-0.1, -0.05) is 114 Å². The van der Waals surface area contributed by atoms with Crippen LogP contribution in [0.2, 0.25) is 0 Å². The van der Waals surface area contributed by atoms with E-state index in [1.54, 1.807) is 0 Å². The van der Waals surface area contributed by atoms with E-state index in [0.29, 0.717) is 11.8 Å². The molecule has 4 aromatic rings. The molecule has 0 unspecified atom stereocenters. The van der Waals surface area contributed by atoms with E-state index in [9.17, 15) is 0 Å². The second-order valence-electron chi connectivity index (χ2n) is 13.0. The number of benzene rings is 4. The molecule has 0 bridgehead atoms. The first-order valence-electron chi connectivity index (χ1n) is 14.2. The van der Waals surface area contributed by atoms with Gasteiger partial charge in [-0.3, -0.25) is 0 Å². The molecule has 0 aliphatic heterocycles. The summed E-state index contributed by atoms with van der Waals surface area (Å²) in [5.74, 6) is 0.759. The van der Waals surface area contributed by atoms with Gasteiger partial charge < -0.3 is 4.90 Å². The van der Waals surface area contributed by atoms with Gasteiger partial charge in [0.1, 0.15) is 0 Å². The summed E-state index contributed by atoms with van der Waals surface area (Å²) in [5.41, 5.74) is 13.7. The van der Waals surface area contributed by atoms with Crippen LogP contribution in [0.5, 0.6) is 0 Å². The first-order chi connectivity index (χ1) is 17.9. The molecule has 0 spiro atoms. The van der Waals surface area contributed by atoms with Crippen LogP contribution in [-0.2, 0) is 5.41 Å². The van der Waals surface area contributed by atoms with Crippen LogP contribution in [0.1, 0.15) is 96.4 Å². The van der Waals surface area contributed by atoms with Crippen LogP contribution < -0.4 is 4.90 Å². The molecule has 5 rings (SSSR count). The Hall–Kier alpha value is -3.32.